The van der Waals surface area contributed by atoms with Gasteiger partial charge in [0, 0.05) is 5.56 Å². The molecule has 0 radical (unpaired) electrons. The van der Waals surface area contributed by atoms with Gasteiger partial charge in [0.05, 0.1) is 47.6 Å². The molecule has 0 amide bonds. The Hall–Kier alpha value is -2.64. The van der Waals surface area contributed by atoms with E-state index in [1.54, 1.807) is 11.3 Å². The van der Waals surface area contributed by atoms with Gasteiger partial charge in [0.2, 0.25) is 0 Å². The molecule has 1 aliphatic heterocycles. The Bertz CT molecular complexity index is 1110. The van der Waals surface area contributed by atoms with Crippen LogP contribution < -0.4 is 5.73 Å². The molecule has 126 valence electrons. The summed E-state index contributed by atoms with van der Waals surface area (Å²) in [6, 6.07) is 12.4. The number of hydrogen-bond acceptors (Lipinski definition) is 5. The average molecular weight is 351 g/mol. The molecule has 0 aliphatic carbocycles. The van der Waals surface area contributed by atoms with Crippen LogP contribution in [0.25, 0.3) is 26.9 Å². The van der Waals surface area contributed by atoms with Gasteiger partial charge in [0.15, 0.2) is 5.84 Å². The maximum absolute atomic E-state index is 6.26. The maximum atomic E-state index is 6.26. The van der Waals surface area contributed by atoms with Crippen LogP contribution in [0.1, 0.15) is 5.56 Å². The Morgan fingerprint density at radius 2 is 2.00 bits per heavy atom. The van der Waals surface area contributed by atoms with Crippen molar-refractivity contribution in [2.45, 2.75) is 0 Å². The van der Waals surface area contributed by atoms with Crippen LogP contribution in [0, 0.1) is 0 Å². The lowest BCUT2D eigenvalue weighted by Crippen LogP contribution is -2.34. The number of benzene rings is 1. The molecule has 1 aromatic carbocycles. The van der Waals surface area contributed by atoms with Gasteiger partial charge >= 0.3 is 0 Å². The normalized spacial score (nSPS) is 16.3. The fourth-order valence-electron chi connectivity index (χ4n) is 3.26. The van der Waals surface area contributed by atoms with Crippen molar-refractivity contribution in [2.75, 3.05) is 26.3 Å². The Morgan fingerprint density at radius 3 is 2.88 bits per heavy atom. The van der Waals surface area contributed by atoms with E-state index in [0.717, 1.165) is 35.3 Å². The van der Waals surface area contributed by atoms with Gasteiger partial charge in [0.25, 0.3) is 0 Å². The Kier molecular flexibility index (Phi) is 3.36. The molecule has 3 aromatic heterocycles. The summed E-state index contributed by atoms with van der Waals surface area (Å²) >= 11 is 1.73. The first-order valence-electron chi connectivity index (χ1n) is 8.25. The molecule has 1 fully saturated rings. The Balaban J connectivity index is 1.66. The lowest BCUT2D eigenvalue weighted by atomic mass is 10.2. The van der Waals surface area contributed by atoms with Gasteiger partial charge in [-0.3, -0.25) is 9.41 Å². The van der Waals surface area contributed by atoms with Crippen LogP contribution in [0.2, 0.25) is 0 Å². The number of imidazole rings is 1. The van der Waals surface area contributed by atoms with Crippen molar-refractivity contribution in [3.05, 3.63) is 47.3 Å². The van der Waals surface area contributed by atoms with Crippen molar-refractivity contribution >= 4 is 44.1 Å². The molecule has 7 heteroatoms. The van der Waals surface area contributed by atoms with E-state index in [1.165, 1.54) is 10.2 Å². The Morgan fingerprint density at radius 1 is 1.12 bits per heavy atom. The van der Waals surface area contributed by atoms with Gasteiger partial charge in [0.1, 0.15) is 5.65 Å². The van der Waals surface area contributed by atoms with Gasteiger partial charge in [-0.25, -0.2) is 4.98 Å². The fraction of sp³-hybridized carbons (Fsp3) is 0.222. The highest BCUT2D eigenvalue weighted by Gasteiger charge is 2.12. The second-order valence-electron chi connectivity index (χ2n) is 6.06. The smallest absolute Gasteiger partial charge is 0.150 e. The van der Waals surface area contributed by atoms with E-state index in [1.807, 2.05) is 17.1 Å². The number of hydrazone groups is 1. The number of pyridine rings is 1. The summed E-state index contributed by atoms with van der Waals surface area (Å²) in [5, 5.41) is 8.62. The predicted molar refractivity (Wildman–Crippen MR) is 101 cm³/mol. The lowest BCUT2D eigenvalue weighted by molar-refractivity contribution is 0.0393. The van der Waals surface area contributed by atoms with Crippen LogP contribution in [0.3, 0.4) is 0 Å². The third-order valence-electron chi connectivity index (χ3n) is 4.51. The monoisotopic (exact) mass is 351 g/mol. The summed E-state index contributed by atoms with van der Waals surface area (Å²) in [7, 11) is 0. The van der Waals surface area contributed by atoms with E-state index >= 15 is 0 Å². The van der Waals surface area contributed by atoms with Crippen molar-refractivity contribution in [3.8, 4) is 0 Å². The van der Waals surface area contributed by atoms with Crippen LogP contribution in [0.15, 0.2) is 46.9 Å². The molecular weight excluding hydrogens is 334 g/mol. The standard InChI is InChI=1S/C18H17N5OS/c19-18(21-22-6-8-24-9-7-22)12-1-2-13-15(11-12)23-14-5-10-25-16(14)3-4-17(23)20-13/h1-5,10-11H,6-9H2,(H2,19,21). The fourth-order valence-corrected chi connectivity index (χ4v) is 4.03. The van der Waals surface area contributed by atoms with Crippen molar-refractivity contribution in [3.63, 3.8) is 0 Å². The number of fused-ring (bicyclic) bond motifs is 5. The van der Waals surface area contributed by atoms with Crippen LogP contribution in [-0.2, 0) is 4.74 Å². The molecule has 6 nitrogen and oxygen atoms in total. The van der Waals surface area contributed by atoms with E-state index in [4.69, 9.17) is 15.5 Å². The number of nitrogens with two attached hydrogens (primary N) is 1. The molecule has 0 spiro atoms. The molecular formula is C18H17N5OS. The van der Waals surface area contributed by atoms with Gasteiger partial charge < -0.3 is 10.5 Å². The molecule has 25 heavy (non-hydrogen) atoms. The topological polar surface area (TPSA) is 68.1 Å². The third-order valence-corrected chi connectivity index (χ3v) is 5.38. The number of aromatic nitrogens is 2. The van der Waals surface area contributed by atoms with Crippen molar-refractivity contribution in [1.29, 1.82) is 0 Å². The minimum absolute atomic E-state index is 0.524. The summed E-state index contributed by atoms with van der Waals surface area (Å²) in [4.78, 5) is 4.72. The van der Waals surface area contributed by atoms with Crippen LogP contribution in [0.4, 0.5) is 0 Å². The summed E-state index contributed by atoms with van der Waals surface area (Å²) in [5.41, 5.74) is 11.3. The second kappa shape index (κ2) is 5.72. The molecule has 4 aromatic rings. The highest BCUT2D eigenvalue weighted by atomic mass is 32.1. The highest BCUT2D eigenvalue weighted by Crippen LogP contribution is 2.27. The summed E-state index contributed by atoms with van der Waals surface area (Å²) in [6.45, 7) is 2.93. The molecule has 5 rings (SSSR count). The SMILES string of the molecule is N/C(=N\N1CCOCC1)c1ccc2nc3ccc4sccc4n3c2c1. The lowest BCUT2D eigenvalue weighted by Gasteiger charge is -2.24. The first-order valence-corrected chi connectivity index (χ1v) is 9.13. The number of morpholine rings is 1. The first-order chi connectivity index (χ1) is 12.3. The summed E-state index contributed by atoms with van der Waals surface area (Å²) in [6.07, 6.45) is 0. The zero-order valence-corrected chi connectivity index (χ0v) is 14.4. The molecule has 0 atom stereocenters. The molecule has 1 saturated heterocycles. The number of hydrogen-bond donors (Lipinski definition) is 1. The summed E-state index contributed by atoms with van der Waals surface area (Å²) in [5.74, 6) is 0.524. The van der Waals surface area contributed by atoms with Crippen LogP contribution in [0.5, 0.6) is 0 Å². The molecule has 0 unspecified atom stereocenters. The summed E-state index contributed by atoms with van der Waals surface area (Å²) < 4.78 is 8.78. The minimum atomic E-state index is 0.524. The van der Waals surface area contributed by atoms with E-state index in [-0.39, 0.29) is 0 Å². The van der Waals surface area contributed by atoms with E-state index in [0.29, 0.717) is 19.0 Å². The molecule has 4 heterocycles. The largest absolute Gasteiger partial charge is 0.382 e. The average Bonchev–Trinajstić information content (AvgIpc) is 3.25. The molecule has 1 aliphatic rings. The van der Waals surface area contributed by atoms with Crippen LogP contribution in [-0.4, -0.2) is 46.5 Å². The van der Waals surface area contributed by atoms with E-state index in [9.17, 15) is 0 Å². The number of thiophene rings is 1. The number of amidine groups is 1. The molecule has 0 bridgehead atoms. The number of ether oxygens (including phenoxy) is 1. The highest BCUT2D eigenvalue weighted by molar-refractivity contribution is 7.17. The zero-order valence-electron chi connectivity index (χ0n) is 13.6. The Labute approximate surface area is 148 Å². The zero-order chi connectivity index (χ0) is 16.8. The predicted octanol–water partition coefficient (Wildman–Crippen LogP) is 2.65. The number of nitrogens with zero attached hydrogens (tertiary/aromatic N) is 4. The molecule has 0 saturated carbocycles. The maximum Gasteiger partial charge on any atom is 0.150 e. The minimum Gasteiger partial charge on any atom is -0.382 e. The third kappa shape index (κ3) is 2.43. The van der Waals surface area contributed by atoms with E-state index in [2.05, 4.69) is 39.1 Å². The second-order valence-corrected chi connectivity index (χ2v) is 7.01. The van der Waals surface area contributed by atoms with Gasteiger partial charge in [-0.05, 0) is 41.8 Å². The van der Waals surface area contributed by atoms with E-state index < -0.39 is 0 Å². The van der Waals surface area contributed by atoms with Crippen LogP contribution >= 0.6 is 11.3 Å². The van der Waals surface area contributed by atoms with Gasteiger partial charge in [-0.1, -0.05) is 0 Å². The van der Waals surface area contributed by atoms with Gasteiger partial charge in [-0.15, -0.1) is 11.3 Å². The number of rotatable bonds is 2. The quantitative estimate of drug-likeness (QED) is 0.445. The van der Waals surface area contributed by atoms with Gasteiger partial charge in [-0.2, -0.15) is 5.10 Å². The van der Waals surface area contributed by atoms with Crippen molar-refractivity contribution < 1.29 is 4.74 Å². The van der Waals surface area contributed by atoms with Crippen molar-refractivity contribution in [1.82, 2.24) is 14.4 Å². The first kappa shape index (κ1) is 14.7. The van der Waals surface area contributed by atoms with Crippen molar-refractivity contribution in [2.24, 2.45) is 10.8 Å². The molecule has 2 N–H and O–H groups in total.